The lowest BCUT2D eigenvalue weighted by atomic mass is 10.1. The first-order valence-electron chi connectivity index (χ1n) is 6.45. The molecule has 2 atom stereocenters. The number of benzene rings is 1. The van der Waals surface area contributed by atoms with Crippen molar-refractivity contribution >= 4 is 17.6 Å². The van der Waals surface area contributed by atoms with Gasteiger partial charge in [-0.2, -0.15) is 0 Å². The van der Waals surface area contributed by atoms with E-state index < -0.39 is 11.8 Å². The molecule has 0 radical (unpaired) electrons. The first kappa shape index (κ1) is 14.5. The molecule has 1 amide bonds. The monoisotopic (exact) mass is 280 g/mol. The number of nitrogens with two attached hydrogens (primary N) is 1. The van der Waals surface area contributed by atoms with E-state index in [-0.39, 0.29) is 29.1 Å². The summed E-state index contributed by atoms with van der Waals surface area (Å²) in [4.78, 5) is 23.7. The zero-order valence-electron chi connectivity index (χ0n) is 11.2. The number of amides is 1. The van der Waals surface area contributed by atoms with Crippen molar-refractivity contribution < 1.29 is 18.7 Å². The second kappa shape index (κ2) is 6.00. The van der Waals surface area contributed by atoms with Crippen molar-refractivity contribution in [3.63, 3.8) is 0 Å². The average Bonchev–Trinajstić information content (AvgIpc) is 2.86. The number of ether oxygens (including phenoxy) is 1. The largest absolute Gasteiger partial charge is 0.465 e. The maximum atomic E-state index is 13.2. The van der Waals surface area contributed by atoms with Crippen molar-refractivity contribution in [3.8, 4) is 0 Å². The summed E-state index contributed by atoms with van der Waals surface area (Å²) in [5.41, 5.74) is 6.03. The van der Waals surface area contributed by atoms with E-state index in [2.05, 4.69) is 10.1 Å². The van der Waals surface area contributed by atoms with Crippen LogP contribution in [0.15, 0.2) is 18.2 Å². The number of rotatable bonds is 3. The number of carbonyl (C=O) groups excluding carboxylic acids is 2. The van der Waals surface area contributed by atoms with Crippen LogP contribution in [-0.2, 0) is 9.53 Å². The van der Waals surface area contributed by atoms with Gasteiger partial charge in [-0.05, 0) is 37.5 Å². The number of hydrogen-bond acceptors (Lipinski definition) is 4. The molecule has 0 aromatic heterocycles. The normalized spacial score (nSPS) is 21.6. The molecule has 6 heteroatoms. The Labute approximate surface area is 116 Å². The smallest absolute Gasteiger partial charge is 0.340 e. The Balaban J connectivity index is 2.16. The van der Waals surface area contributed by atoms with Crippen LogP contribution in [0.25, 0.3) is 0 Å². The average molecular weight is 280 g/mol. The van der Waals surface area contributed by atoms with Gasteiger partial charge in [0, 0.05) is 12.0 Å². The quantitative estimate of drug-likeness (QED) is 0.825. The van der Waals surface area contributed by atoms with Crippen LogP contribution in [-0.4, -0.2) is 25.0 Å². The zero-order valence-corrected chi connectivity index (χ0v) is 11.2. The Morgan fingerprint density at radius 1 is 1.40 bits per heavy atom. The highest BCUT2D eigenvalue weighted by Crippen LogP contribution is 2.26. The van der Waals surface area contributed by atoms with E-state index in [9.17, 15) is 14.0 Å². The molecule has 0 saturated heterocycles. The molecule has 0 spiro atoms. The number of esters is 1. The number of hydrogen-bond donors (Lipinski definition) is 2. The molecule has 1 saturated carbocycles. The lowest BCUT2D eigenvalue weighted by Crippen LogP contribution is -2.24. The van der Waals surface area contributed by atoms with Crippen LogP contribution in [0.3, 0.4) is 0 Å². The van der Waals surface area contributed by atoms with Gasteiger partial charge in [-0.3, -0.25) is 4.79 Å². The summed E-state index contributed by atoms with van der Waals surface area (Å²) >= 11 is 0. The SMILES string of the molecule is COC(=O)c1cc(F)ccc1NC(=O)C1CCC(N)C1. The van der Waals surface area contributed by atoms with Gasteiger partial charge in [0.25, 0.3) is 0 Å². The Hall–Kier alpha value is -1.95. The fourth-order valence-electron chi connectivity index (χ4n) is 2.39. The maximum absolute atomic E-state index is 13.2. The first-order chi connectivity index (χ1) is 9.51. The van der Waals surface area contributed by atoms with Gasteiger partial charge in [0.2, 0.25) is 5.91 Å². The molecule has 1 aromatic rings. The van der Waals surface area contributed by atoms with Crippen LogP contribution in [0, 0.1) is 11.7 Å². The van der Waals surface area contributed by atoms with Gasteiger partial charge in [-0.1, -0.05) is 0 Å². The van der Waals surface area contributed by atoms with Crippen LogP contribution < -0.4 is 11.1 Å². The number of methoxy groups -OCH3 is 1. The lowest BCUT2D eigenvalue weighted by molar-refractivity contribution is -0.119. The van der Waals surface area contributed by atoms with E-state index in [0.29, 0.717) is 6.42 Å². The third-order valence-corrected chi connectivity index (χ3v) is 3.49. The van der Waals surface area contributed by atoms with Gasteiger partial charge in [-0.25, -0.2) is 9.18 Å². The molecule has 0 aliphatic heterocycles. The van der Waals surface area contributed by atoms with Crippen LogP contribution >= 0.6 is 0 Å². The van der Waals surface area contributed by atoms with E-state index in [1.165, 1.54) is 19.2 Å². The fraction of sp³-hybridized carbons (Fsp3) is 0.429. The van der Waals surface area contributed by atoms with E-state index in [1.807, 2.05) is 0 Å². The summed E-state index contributed by atoms with van der Waals surface area (Å²) in [6.07, 6.45) is 2.16. The van der Waals surface area contributed by atoms with Crippen molar-refractivity contribution in [2.45, 2.75) is 25.3 Å². The summed E-state index contributed by atoms with van der Waals surface area (Å²) in [7, 11) is 1.20. The summed E-state index contributed by atoms with van der Waals surface area (Å²) in [5.74, 6) is -1.62. The minimum atomic E-state index is -0.692. The van der Waals surface area contributed by atoms with E-state index in [1.54, 1.807) is 0 Å². The van der Waals surface area contributed by atoms with Gasteiger partial charge >= 0.3 is 5.97 Å². The molecular formula is C14H17FN2O3. The van der Waals surface area contributed by atoms with Crippen molar-refractivity contribution in [1.29, 1.82) is 0 Å². The minimum absolute atomic E-state index is 0.00291. The molecule has 0 heterocycles. The number of nitrogens with one attached hydrogen (secondary N) is 1. The molecule has 1 fully saturated rings. The number of halogens is 1. The first-order valence-corrected chi connectivity index (χ1v) is 6.45. The molecule has 3 N–H and O–H groups in total. The fourth-order valence-corrected chi connectivity index (χ4v) is 2.39. The summed E-state index contributed by atoms with van der Waals surface area (Å²) in [6, 6.07) is 3.62. The van der Waals surface area contributed by atoms with Gasteiger partial charge in [-0.15, -0.1) is 0 Å². The Bertz CT molecular complexity index is 533. The van der Waals surface area contributed by atoms with Crippen molar-refractivity contribution in [2.75, 3.05) is 12.4 Å². The van der Waals surface area contributed by atoms with E-state index >= 15 is 0 Å². The van der Waals surface area contributed by atoms with Gasteiger partial charge in [0.05, 0.1) is 18.4 Å². The summed E-state index contributed by atoms with van der Waals surface area (Å²) in [5, 5.41) is 2.65. The zero-order chi connectivity index (χ0) is 14.7. The second-order valence-electron chi connectivity index (χ2n) is 4.94. The van der Waals surface area contributed by atoms with Crippen molar-refractivity contribution in [1.82, 2.24) is 0 Å². The Kier molecular flexibility index (Phi) is 4.34. The van der Waals surface area contributed by atoms with Gasteiger partial charge in [0.1, 0.15) is 5.82 Å². The molecule has 2 unspecified atom stereocenters. The van der Waals surface area contributed by atoms with Gasteiger partial charge < -0.3 is 15.8 Å². The highest BCUT2D eigenvalue weighted by Gasteiger charge is 2.28. The number of anilines is 1. The van der Waals surface area contributed by atoms with Crippen LogP contribution in [0.2, 0.25) is 0 Å². The molecule has 5 nitrogen and oxygen atoms in total. The molecular weight excluding hydrogens is 263 g/mol. The molecule has 1 aliphatic carbocycles. The predicted molar refractivity (Wildman–Crippen MR) is 71.7 cm³/mol. The second-order valence-corrected chi connectivity index (χ2v) is 4.94. The Morgan fingerprint density at radius 2 is 2.15 bits per heavy atom. The molecule has 0 bridgehead atoms. The van der Waals surface area contributed by atoms with E-state index in [4.69, 9.17) is 5.73 Å². The van der Waals surface area contributed by atoms with Crippen LogP contribution in [0.5, 0.6) is 0 Å². The van der Waals surface area contributed by atoms with Crippen LogP contribution in [0.1, 0.15) is 29.6 Å². The molecule has 1 aromatic carbocycles. The highest BCUT2D eigenvalue weighted by molar-refractivity contribution is 6.01. The lowest BCUT2D eigenvalue weighted by Gasteiger charge is -2.13. The van der Waals surface area contributed by atoms with E-state index in [0.717, 1.165) is 18.9 Å². The molecule has 108 valence electrons. The third kappa shape index (κ3) is 3.14. The summed E-state index contributed by atoms with van der Waals surface area (Å²) < 4.78 is 17.8. The summed E-state index contributed by atoms with van der Waals surface area (Å²) in [6.45, 7) is 0. The standard InChI is InChI=1S/C14H17FN2O3/c1-20-14(19)11-7-9(15)3-5-12(11)17-13(18)8-2-4-10(16)6-8/h3,5,7-8,10H,2,4,6,16H2,1H3,(H,17,18). The van der Waals surface area contributed by atoms with Crippen LogP contribution in [0.4, 0.5) is 10.1 Å². The topological polar surface area (TPSA) is 81.4 Å². The highest BCUT2D eigenvalue weighted by atomic mass is 19.1. The third-order valence-electron chi connectivity index (χ3n) is 3.49. The molecule has 20 heavy (non-hydrogen) atoms. The molecule has 1 aliphatic rings. The number of carbonyl (C=O) groups is 2. The predicted octanol–water partition coefficient (Wildman–Crippen LogP) is 1.68. The van der Waals surface area contributed by atoms with Gasteiger partial charge in [0.15, 0.2) is 0 Å². The van der Waals surface area contributed by atoms with Crippen molar-refractivity contribution in [3.05, 3.63) is 29.6 Å². The van der Waals surface area contributed by atoms with Crippen molar-refractivity contribution in [2.24, 2.45) is 11.7 Å². The minimum Gasteiger partial charge on any atom is -0.465 e. The Morgan fingerprint density at radius 3 is 2.75 bits per heavy atom. The maximum Gasteiger partial charge on any atom is 0.340 e. The molecule has 2 rings (SSSR count).